The summed E-state index contributed by atoms with van der Waals surface area (Å²) in [5.74, 6) is 0.482. The van der Waals surface area contributed by atoms with E-state index < -0.39 is 0 Å². The van der Waals surface area contributed by atoms with Crippen LogP contribution < -0.4 is 37.2 Å². The van der Waals surface area contributed by atoms with Gasteiger partial charge in [0.2, 0.25) is 0 Å². The largest absolute Gasteiger partial charge is 3.00 e. The minimum Gasteiger partial charge on any atom is -1.00 e. The zero-order valence-corrected chi connectivity index (χ0v) is 20.7. The smallest absolute Gasteiger partial charge is 1.00 e. The molecule has 8 heteroatoms. The monoisotopic (exact) mass is 528 g/mol. The first kappa shape index (κ1) is 29.7. The summed E-state index contributed by atoms with van der Waals surface area (Å²) in [5.41, 5.74) is 6.79. The van der Waals surface area contributed by atoms with Crippen LogP contribution in [-0.4, -0.2) is 20.2 Å². The minimum atomic E-state index is 0. The molecule has 0 unspecified atom stereocenters. The normalized spacial score (nSPS) is 9.44. The summed E-state index contributed by atoms with van der Waals surface area (Å²) < 4.78 is 0. The van der Waals surface area contributed by atoms with E-state index in [4.69, 9.17) is 0 Å². The summed E-state index contributed by atoms with van der Waals surface area (Å²) in [6, 6.07) is 18.7. The second-order valence-corrected chi connectivity index (χ2v) is 6.91. The number of hydrogen-bond acceptors (Lipinski definition) is 4. The van der Waals surface area contributed by atoms with Gasteiger partial charge in [-0.1, -0.05) is 35.9 Å². The first-order chi connectivity index (χ1) is 13.5. The van der Waals surface area contributed by atoms with Gasteiger partial charge in [0, 0.05) is 34.6 Å². The molecule has 0 fully saturated rings. The van der Waals surface area contributed by atoms with Crippen LogP contribution in [-0.2, 0) is 17.1 Å². The van der Waals surface area contributed by atoms with Crippen molar-refractivity contribution in [2.24, 2.45) is 0 Å². The molecule has 0 saturated heterocycles. The van der Waals surface area contributed by atoms with E-state index in [1.807, 2.05) is 62.4 Å². The molecule has 2 aromatic heterocycles. The molecule has 0 bridgehead atoms. The molecular weight excluding hydrogens is 510 g/mol. The van der Waals surface area contributed by atoms with Crippen molar-refractivity contribution < 1.29 is 64.5 Å². The molecule has 2 aromatic carbocycles. The molecular formula is C24H20Cl3MnN2O2. The fraction of sp³-hybridized carbons (Fsp3) is 0.0833. The predicted molar refractivity (Wildman–Crippen MR) is 111 cm³/mol. The summed E-state index contributed by atoms with van der Waals surface area (Å²) in [6.45, 7) is 3.93. The third-order valence-corrected chi connectivity index (χ3v) is 4.72. The Morgan fingerprint density at radius 1 is 0.562 bits per heavy atom. The number of halogens is 3. The van der Waals surface area contributed by atoms with Crippen molar-refractivity contribution >= 4 is 0 Å². The molecule has 2 N–H and O–H groups in total. The number of phenolic OH excluding ortho intramolecular Hbond substituents is 2. The van der Waals surface area contributed by atoms with E-state index in [9.17, 15) is 10.2 Å². The third kappa shape index (κ3) is 6.38. The van der Waals surface area contributed by atoms with Crippen molar-refractivity contribution in [3.63, 3.8) is 0 Å². The number of nitrogens with zero attached hydrogens (tertiary/aromatic N) is 2. The Morgan fingerprint density at radius 3 is 1.56 bits per heavy atom. The molecule has 0 atom stereocenters. The van der Waals surface area contributed by atoms with Crippen molar-refractivity contribution in [3.8, 4) is 45.1 Å². The molecule has 0 aliphatic rings. The topological polar surface area (TPSA) is 66.2 Å². The zero-order valence-electron chi connectivity index (χ0n) is 17.2. The van der Waals surface area contributed by atoms with Crippen LogP contribution in [0.15, 0.2) is 73.1 Å². The van der Waals surface area contributed by atoms with Gasteiger partial charge in [0.25, 0.3) is 0 Å². The van der Waals surface area contributed by atoms with Gasteiger partial charge < -0.3 is 47.4 Å². The Kier molecular flexibility index (Phi) is 11.8. The summed E-state index contributed by atoms with van der Waals surface area (Å²) in [6.07, 6.45) is 3.48. The van der Waals surface area contributed by atoms with Crippen LogP contribution in [0.3, 0.4) is 0 Å². The molecule has 0 spiro atoms. The van der Waals surface area contributed by atoms with Gasteiger partial charge in [0.15, 0.2) is 0 Å². The maximum absolute atomic E-state index is 10.2. The van der Waals surface area contributed by atoms with Crippen LogP contribution >= 0.6 is 0 Å². The van der Waals surface area contributed by atoms with Crippen molar-refractivity contribution in [3.05, 3.63) is 84.2 Å². The number of aromatic nitrogens is 2. The van der Waals surface area contributed by atoms with E-state index in [1.165, 1.54) is 0 Å². The zero-order chi connectivity index (χ0) is 19.7. The first-order valence-corrected chi connectivity index (χ1v) is 9.04. The molecule has 0 radical (unpaired) electrons. The number of pyridine rings is 2. The van der Waals surface area contributed by atoms with Crippen LogP contribution in [0.25, 0.3) is 33.6 Å². The van der Waals surface area contributed by atoms with Crippen LogP contribution in [0, 0.1) is 13.8 Å². The van der Waals surface area contributed by atoms with Crippen molar-refractivity contribution in [2.45, 2.75) is 13.8 Å². The van der Waals surface area contributed by atoms with Crippen molar-refractivity contribution in [2.75, 3.05) is 0 Å². The van der Waals surface area contributed by atoms with Crippen LogP contribution in [0.2, 0.25) is 0 Å². The fourth-order valence-electron chi connectivity index (χ4n) is 3.18. The molecule has 0 aliphatic carbocycles. The Bertz CT molecular complexity index is 1160. The van der Waals surface area contributed by atoms with Gasteiger partial charge in [-0.3, -0.25) is 9.97 Å². The van der Waals surface area contributed by atoms with E-state index in [1.54, 1.807) is 24.5 Å². The number of phenols is 2. The second-order valence-electron chi connectivity index (χ2n) is 6.91. The fourth-order valence-corrected chi connectivity index (χ4v) is 3.18. The summed E-state index contributed by atoms with van der Waals surface area (Å²) >= 11 is 0. The quantitative estimate of drug-likeness (QED) is 0.271. The standard InChI is InChI=1S/C24H20N2O2.3ClH.Mn/c1-15-4-10-23(27)20(11-15)18-6-9-22(26-14-18)21-8-5-17(13-25-21)19-7-3-16(2)12-24(19)28;;;;/h3-14,27-28H,1-2H3;3*1H;/q;;;;+3/p-3. The summed E-state index contributed by atoms with van der Waals surface area (Å²) in [7, 11) is 0. The second kappa shape index (κ2) is 12.7. The summed E-state index contributed by atoms with van der Waals surface area (Å²) in [5, 5.41) is 20.2. The van der Waals surface area contributed by atoms with Gasteiger partial charge in [-0.15, -0.1) is 0 Å². The number of benzene rings is 2. The predicted octanol–water partition coefficient (Wildman–Crippen LogP) is -3.48. The number of hydrogen-bond donors (Lipinski definition) is 2. The van der Waals surface area contributed by atoms with Gasteiger partial charge in [-0.05, 0) is 49.7 Å². The van der Waals surface area contributed by atoms with Crippen LogP contribution in [0.5, 0.6) is 11.5 Å². The molecule has 4 aromatic rings. The number of rotatable bonds is 3. The molecule has 2 heterocycles. The molecule has 166 valence electrons. The average molecular weight is 530 g/mol. The maximum atomic E-state index is 10.2. The van der Waals surface area contributed by atoms with Crippen LogP contribution in [0.1, 0.15) is 11.1 Å². The first-order valence-electron chi connectivity index (χ1n) is 9.04. The number of aromatic hydroxyl groups is 2. The van der Waals surface area contributed by atoms with Gasteiger partial charge >= 0.3 is 17.1 Å². The maximum Gasteiger partial charge on any atom is 3.00 e. The van der Waals surface area contributed by atoms with Gasteiger partial charge in [0.05, 0.1) is 11.4 Å². The van der Waals surface area contributed by atoms with E-state index in [-0.39, 0.29) is 65.8 Å². The van der Waals surface area contributed by atoms with Crippen LogP contribution in [0.4, 0.5) is 0 Å². The molecule has 4 nitrogen and oxygen atoms in total. The van der Waals surface area contributed by atoms with E-state index in [0.717, 1.165) is 44.8 Å². The van der Waals surface area contributed by atoms with Crippen molar-refractivity contribution in [1.29, 1.82) is 0 Å². The van der Waals surface area contributed by atoms with Crippen molar-refractivity contribution in [1.82, 2.24) is 9.97 Å². The van der Waals surface area contributed by atoms with E-state index in [0.29, 0.717) is 0 Å². The Hall–Kier alpha value is -2.27. The molecule has 0 aliphatic heterocycles. The Labute approximate surface area is 216 Å². The Balaban J connectivity index is 0.00000240. The van der Waals surface area contributed by atoms with Gasteiger partial charge in [-0.2, -0.15) is 0 Å². The average Bonchev–Trinajstić information content (AvgIpc) is 2.70. The third-order valence-electron chi connectivity index (χ3n) is 4.72. The number of aryl methyl sites for hydroxylation is 2. The SMILES string of the molecule is Cc1ccc(-c2ccc(-c3ccc(-c4cc(C)ccc4O)cn3)nc2)c(O)c1.[Cl-].[Cl-].[Cl-].[Mn+3]. The molecule has 4 rings (SSSR count). The van der Waals surface area contributed by atoms with E-state index in [2.05, 4.69) is 9.97 Å². The summed E-state index contributed by atoms with van der Waals surface area (Å²) in [4.78, 5) is 9.00. The van der Waals surface area contributed by atoms with Gasteiger partial charge in [0.1, 0.15) is 11.5 Å². The molecule has 32 heavy (non-hydrogen) atoms. The van der Waals surface area contributed by atoms with Gasteiger partial charge in [-0.25, -0.2) is 0 Å². The van der Waals surface area contributed by atoms with E-state index >= 15 is 0 Å². The molecule has 0 saturated carbocycles. The minimum absolute atomic E-state index is 0. The molecule has 0 amide bonds. The Morgan fingerprint density at radius 2 is 1.06 bits per heavy atom.